The largest absolute Gasteiger partial charge is 0.395 e. The van der Waals surface area contributed by atoms with Crippen LogP contribution in [-0.4, -0.2) is 29.1 Å². The molecule has 1 N–H and O–H groups in total. The molecule has 1 heterocycles. The van der Waals surface area contributed by atoms with Gasteiger partial charge in [0.25, 0.3) is 5.91 Å². The molecule has 0 radical (unpaired) electrons. The molecule has 3 nitrogen and oxygen atoms in total. The fourth-order valence-corrected chi connectivity index (χ4v) is 2.48. The lowest BCUT2D eigenvalue weighted by molar-refractivity contribution is 0.0829. The van der Waals surface area contributed by atoms with Crippen molar-refractivity contribution in [2.75, 3.05) is 13.2 Å². The number of carbonyl (C=O) groups excluding carboxylic acids is 1. The van der Waals surface area contributed by atoms with E-state index in [0.717, 1.165) is 16.8 Å². The molecule has 3 heteroatoms. The lowest BCUT2D eigenvalue weighted by atomic mass is 10.1. The zero-order chi connectivity index (χ0) is 13.9. The summed E-state index contributed by atoms with van der Waals surface area (Å²) in [6.07, 6.45) is 1.99. The smallest absolute Gasteiger partial charge is 0.259 e. The highest BCUT2D eigenvalue weighted by atomic mass is 16.3. The Labute approximate surface area is 117 Å². The van der Waals surface area contributed by atoms with E-state index in [0.29, 0.717) is 12.1 Å². The molecular formula is C17H15NO2. The average molecular weight is 265 g/mol. The normalized spacial score (nSPS) is 15.8. The minimum atomic E-state index is -0.0497. The summed E-state index contributed by atoms with van der Waals surface area (Å²) in [5, 5.41) is 9.19. The first kappa shape index (κ1) is 12.6. The molecule has 0 spiro atoms. The number of amides is 1. The Hall–Kier alpha value is -2.39. The van der Waals surface area contributed by atoms with Crippen molar-refractivity contribution >= 4 is 17.7 Å². The molecule has 3 rings (SSSR count). The van der Waals surface area contributed by atoms with E-state index in [1.807, 2.05) is 60.7 Å². The summed E-state index contributed by atoms with van der Waals surface area (Å²) in [4.78, 5) is 14.0. The average Bonchev–Trinajstić information content (AvgIpc) is 2.75. The van der Waals surface area contributed by atoms with Gasteiger partial charge in [0.2, 0.25) is 0 Å². The number of benzene rings is 2. The monoisotopic (exact) mass is 265 g/mol. The minimum Gasteiger partial charge on any atom is -0.395 e. The fraction of sp³-hybridized carbons (Fsp3) is 0.118. The van der Waals surface area contributed by atoms with Crippen molar-refractivity contribution in [1.82, 2.24) is 4.90 Å². The topological polar surface area (TPSA) is 40.5 Å². The zero-order valence-corrected chi connectivity index (χ0v) is 11.0. The predicted octanol–water partition coefficient (Wildman–Crippen LogP) is 2.63. The van der Waals surface area contributed by atoms with Crippen molar-refractivity contribution in [2.24, 2.45) is 0 Å². The van der Waals surface area contributed by atoms with Crippen LogP contribution in [0.1, 0.15) is 21.5 Å². The fourth-order valence-electron chi connectivity index (χ4n) is 2.48. The number of aliphatic hydroxyl groups excluding tert-OH is 1. The van der Waals surface area contributed by atoms with Gasteiger partial charge in [0, 0.05) is 17.7 Å². The van der Waals surface area contributed by atoms with E-state index in [9.17, 15) is 9.90 Å². The molecule has 2 aromatic rings. The van der Waals surface area contributed by atoms with E-state index in [2.05, 4.69) is 0 Å². The third kappa shape index (κ3) is 2.12. The van der Waals surface area contributed by atoms with Crippen LogP contribution in [0.5, 0.6) is 0 Å². The summed E-state index contributed by atoms with van der Waals surface area (Å²) in [7, 11) is 0. The predicted molar refractivity (Wildman–Crippen MR) is 78.9 cm³/mol. The first-order chi connectivity index (χ1) is 9.81. The van der Waals surface area contributed by atoms with Gasteiger partial charge in [-0.15, -0.1) is 0 Å². The summed E-state index contributed by atoms with van der Waals surface area (Å²) in [5.41, 5.74) is 3.51. The lowest BCUT2D eigenvalue weighted by Crippen LogP contribution is -2.26. The zero-order valence-electron chi connectivity index (χ0n) is 11.0. The molecule has 0 saturated heterocycles. The van der Waals surface area contributed by atoms with Crippen LogP contribution in [0.2, 0.25) is 0 Å². The van der Waals surface area contributed by atoms with Crippen molar-refractivity contribution in [2.45, 2.75) is 0 Å². The minimum absolute atomic E-state index is 0.0446. The van der Waals surface area contributed by atoms with Gasteiger partial charge in [-0.25, -0.2) is 0 Å². The molecule has 0 atom stereocenters. The molecule has 0 aliphatic carbocycles. The highest BCUT2D eigenvalue weighted by Crippen LogP contribution is 2.33. The van der Waals surface area contributed by atoms with Gasteiger partial charge in [-0.05, 0) is 17.7 Å². The summed E-state index contributed by atoms with van der Waals surface area (Å²) < 4.78 is 0. The Bertz CT molecular complexity index is 662. The third-order valence-electron chi connectivity index (χ3n) is 3.40. The van der Waals surface area contributed by atoms with E-state index >= 15 is 0 Å². The maximum absolute atomic E-state index is 12.4. The van der Waals surface area contributed by atoms with Crippen molar-refractivity contribution in [3.05, 3.63) is 71.3 Å². The highest BCUT2D eigenvalue weighted by molar-refractivity contribution is 6.11. The Balaban J connectivity index is 2.11. The SMILES string of the molecule is O=C1c2ccccc2C(=Cc2ccccc2)N1CCO. The van der Waals surface area contributed by atoms with Crippen LogP contribution in [0.4, 0.5) is 0 Å². The maximum Gasteiger partial charge on any atom is 0.259 e. The van der Waals surface area contributed by atoms with Gasteiger partial charge >= 0.3 is 0 Å². The molecule has 1 aliphatic rings. The van der Waals surface area contributed by atoms with Gasteiger partial charge < -0.3 is 10.0 Å². The van der Waals surface area contributed by atoms with Gasteiger partial charge in [0.05, 0.1) is 12.3 Å². The van der Waals surface area contributed by atoms with Gasteiger partial charge in [-0.3, -0.25) is 4.79 Å². The van der Waals surface area contributed by atoms with E-state index < -0.39 is 0 Å². The Morgan fingerprint density at radius 2 is 1.60 bits per heavy atom. The first-order valence-corrected chi connectivity index (χ1v) is 6.60. The van der Waals surface area contributed by atoms with Crippen LogP contribution in [0.15, 0.2) is 54.6 Å². The Kier molecular flexibility index (Phi) is 3.35. The third-order valence-corrected chi connectivity index (χ3v) is 3.40. The van der Waals surface area contributed by atoms with Crippen LogP contribution in [-0.2, 0) is 0 Å². The second kappa shape index (κ2) is 5.31. The van der Waals surface area contributed by atoms with Gasteiger partial charge in [-0.2, -0.15) is 0 Å². The number of aliphatic hydroxyl groups is 1. The van der Waals surface area contributed by atoms with Crippen LogP contribution >= 0.6 is 0 Å². The van der Waals surface area contributed by atoms with E-state index in [1.165, 1.54) is 0 Å². The van der Waals surface area contributed by atoms with Crippen LogP contribution in [0.3, 0.4) is 0 Å². The van der Waals surface area contributed by atoms with E-state index in [1.54, 1.807) is 4.90 Å². The number of nitrogens with zero attached hydrogens (tertiary/aromatic N) is 1. The molecular weight excluding hydrogens is 250 g/mol. The van der Waals surface area contributed by atoms with Crippen molar-refractivity contribution < 1.29 is 9.90 Å². The van der Waals surface area contributed by atoms with Gasteiger partial charge in [0.15, 0.2) is 0 Å². The van der Waals surface area contributed by atoms with Gasteiger partial charge in [0.1, 0.15) is 0 Å². The second-order valence-electron chi connectivity index (χ2n) is 4.67. The van der Waals surface area contributed by atoms with Crippen molar-refractivity contribution in [1.29, 1.82) is 0 Å². The lowest BCUT2D eigenvalue weighted by Gasteiger charge is -2.17. The summed E-state index contributed by atoms with van der Waals surface area (Å²) in [6.45, 7) is 0.262. The van der Waals surface area contributed by atoms with Crippen molar-refractivity contribution in [3.8, 4) is 0 Å². The van der Waals surface area contributed by atoms with E-state index in [-0.39, 0.29) is 12.5 Å². The first-order valence-electron chi connectivity index (χ1n) is 6.60. The highest BCUT2D eigenvalue weighted by Gasteiger charge is 2.31. The molecule has 0 fully saturated rings. The quantitative estimate of drug-likeness (QED) is 0.926. The molecule has 2 aromatic carbocycles. The summed E-state index contributed by atoms with van der Waals surface area (Å²) in [6, 6.07) is 17.4. The second-order valence-corrected chi connectivity index (χ2v) is 4.67. The van der Waals surface area contributed by atoms with Crippen LogP contribution in [0, 0.1) is 0 Å². The number of carbonyl (C=O) groups is 1. The number of hydrogen-bond donors (Lipinski definition) is 1. The van der Waals surface area contributed by atoms with E-state index in [4.69, 9.17) is 0 Å². The molecule has 0 bridgehead atoms. The number of β-amino-alcohol motifs (C(OH)–C–C–N with tert-alkyl or cyclic N) is 1. The molecule has 0 saturated carbocycles. The number of hydrogen-bond acceptors (Lipinski definition) is 2. The number of fused-ring (bicyclic) bond motifs is 1. The molecule has 1 amide bonds. The Morgan fingerprint density at radius 1 is 0.950 bits per heavy atom. The van der Waals surface area contributed by atoms with Gasteiger partial charge in [-0.1, -0.05) is 48.5 Å². The van der Waals surface area contributed by atoms with Crippen LogP contribution in [0.25, 0.3) is 11.8 Å². The molecule has 20 heavy (non-hydrogen) atoms. The summed E-state index contributed by atoms with van der Waals surface area (Å²) >= 11 is 0. The maximum atomic E-state index is 12.4. The van der Waals surface area contributed by atoms with Crippen LogP contribution < -0.4 is 0 Å². The number of rotatable bonds is 3. The molecule has 100 valence electrons. The molecule has 1 aliphatic heterocycles. The Morgan fingerprint density at radius 3 is 2.30 bits per heavy atom. The standard InChI is InChI=1S/C17H15NO2/c19-11-10-18-16(12-13-6-2-1-3-7-13)14-8-4-5-9-15(14)17(18)20/h1-9,12,19H,10-11H2. The molecule has 0 unspecified atom stereocenters. The summed E-state index contributed by atoms with van der Waals surface area (Å²) in [5.74, 6) is -0.0446. The molecule has 0 aromatic heterocycles. The van der Waals surface area contributed by atoms with Crippen molar-refractivity contribution in [3.63, 3.8) is 0 Å².